The molecule has 0 aliphatic heterocycles. The van der Waals surface area contributed by atoms with E-state index in [0.29, 0.717) is 0 Å². The molecule has 0 bridgehead atoms. The molecule has 2 rings (SSSR count). The van der Waals surface area contributed by atoms with E-state index in [9.17, 15) is 5.11 Å². The third kappa shape index (κ3) is 4.24. The maximum Gasteiger partial charge on any atom is 0.127 e. The van der Waals surface area contributed by atoms with Crippen molar-refractivity contribution in [3.63, 3.8) is 0 Å². The first kappa shape index (κ1) is 14.3. The molecule has 0 saturated carbocycles. The van der Waals surface area contributed by atoms with Gasteiger partial charge < -0.3 is 15.7 Å². The lowest BCUT2D eigenvalue weighted by Gasteiger charge is -2.18. The predicted molar refractivity (Wildman–Crippen MR) is 83.0 cm³/mol. The van der Waals surface area contributed by atoms with Gasteiger partial charge in [0.2, 0.25) is 0 Å². The van der Waals surface area contributed by atoms with Gasteiger partial charge in [0.25, 0.3) is 0 Å². The molecule has 1 aromatic heterocycles. The molecule has 0 spiro atoms. The lowest BCUT2D eigenvalue weighted by molar-refractivity contribution is 0.273. The average Bonchev–Trinajstić information content (AvgIpc) is 2.48. The van der Waals surface area contributed by atoms with Gasteiger partial charge in [-0.05, 0) is 25.0 Å². The Labute approximate surface area is 119 Å². The number of nitrogens with one attached hydrogen (secondary N) is 2. The SMILES string of the molecule is CCNc1cc(NC(CO)Cc2ccccc2)ccn1. The fourth-order valence-electron chi connectivity index (χ4n) is 2.09. The van der Waals surface area contributed by atoms with Crippen molar-refractivity contribution in [2.24, 2.45) is 0 Å². The summed E-state index contributed by atoms with van der Waals surface area (Å²) in [5.74, 6) is 0.842. The van der Waals surface area contributed by atoms with E-state index in [4.69, 9.17) is 0 Å². The quantitative estimate of drug-likeness (QED) is 0.724. The summed E-state index contributed by atoms with van der Waals surface area (Å²) in [5.41, 5.74) is 2.17. The van der Waals surface area contributed by atoms with Crippen LogP contribution in [0.3, 0.4) is 0 Å². The van der Waals surface area contributed by atoms with E-state index in [1.807, 2.05) is 37.3 Å². The topological polar surface area (TPSA) is 57.2 Å². The molecule has 2 aromatic rings. The Morgan fingerprint density at radius 1 is 1.20 bits per heavy atom. The van der Waals surface area contributed by atoms with E-state index in [-0.39, 0.29) is 12.6 Å². The maximum absolute atomic E-state index is 9.53. The molecular formula is C16H21N3O. The Bertz CT molecular complexity index is 516. The number of hydrogen-bond donors (Lipinski definition) is 3. The number of aromatic nitrogens is 1. The highest BCUT2D eigenvalue weighted by Gasteiger charge is 2.08. The normalized spacial score (nSPS) is 11.9. The highest BCUT2D eigenvalue weighted by Crippen LogP contribution is 2.14. The molecule has 1 aromatic carbocycles. The van der Waals surface area contributed by atoms with E-state index in [1.54, 1.807) is 6.20 Å². The number of pyridine rings is 1. The molecule has 0 aliphatic rings. The van der Waals surface area contributed by atoms with Crippen LogP contribution in [0.15, 0.2) is 48.7 Å². The fraction of sp³-hybridized carbons (Fsp3) is 0.312. The molecule has 4 heteroatoms. The molecule has 0 radical (unpaired) electrons. The summed E-state index contributed by atoms with van der Waals surface area (Å²) >= 11 is 0. The summed E-state index contributed by atoms with van der Waals surface area (Å²) in [5, 5.41) is 16.0. The molecule has 0 saturated heterocycles. The van der Waals surface area contributed by atoms with Crippen LogP contribution in [0.5, 0.6) is 0 Å². The molecule has 0 fully saturated rings. The van der Waals surface area contributed by atoms with E-state index < -0.39 is 0 Å². The molecule has 1 atom stereocenters. The Morgan fingerprint density at radius 3 is 2.70 bits per heavy atom. The van der Waals surface area contributed by atoms with Gasteiger partial charge in [0.15, 0.2) is 0 Å². The summed E-state index contributed by atoms with van der Waals surface area (Å²) in [7, 11) is 0. The molecule has 20 heavy (non-hydrogen) atoms. The van der Waals surface area contributed by atoms with Gasteiger partial charge in [-0.25, -0.2) is 4.98 Å². The van der Waals surface area contributed by atoms with Crippen molar-refractivity contribution in [2.45, 2.75) is 19.4 Å². The Kier molecular flexibility index (Phi) is 5.38. The summed E-state index contributed by atoms with van der Waals surface area (Å²) in [4.78, 5) is 4.23. The number of aliphatic hydroxyl groups is 1. The van der Waals surface area contributed by atoms with Gasteiger partial charge in [0.05, 0.1) is 12.6 Å². The third-order valence-corrected chi connectivity index (χ3v) is 3.03. The molecule has 1 unspecified atom stereocenters. The number of hydrogen-bond acceptors (Lipinski definition) is 4. The van der Waals surface area contributed by atoms with Crippen LogP contribution in [-0.4, -0.2) is 29.3 Å². The second-order valence-electron chi connectivity index (χ2n) is 4.67. The first-order valence-electron chi connectivity index (χ1n) is 6.93. The van der Waals surface area contributed by atoms with Crippen LogP contribution in [0, 0.1) is 0 Å². The van der Waals surface area contributed by atoms with Gasteiger partial charge in [0, 0.05) is 24.5 Å². The molecule has 3 N–H and O–H groups in total. The van der Waals surface area contributed by atoms with Crippen LogP contribution >= 0.6 is 0 Å². The van der Waals surface area contributed by atoms with Crippen LogP contribution in [0.25, 0.3) is 0 Å². The molecule has 1 heterocycles. The Balaban J connectivity index is 2.00. The van der Waals surface area contributed by atoms with Crippen LogP contribution in [-0.2, 0) is 6.42 Å². The first-order chi connectivity index (χ1) is 9.81. The first-order valence-corrected chi connectivity index (χ1v) is 6.93. The highest BCUT2D eigenvalue weighted by atomic mass is 16.3. The predicted octanol–water partition coefficient (Wildman–Crippen LogP) is 2.53. The summed E-state index contributed by atoms with van der Waals surface area (Å²) in [6, 6.07) is 14.0. The lowest BCUT2D eigenvalue weighted by atomic mass is 10.1. The maximum atomic E-state index is 9.53. The van der Waals surface area contributed by atoms with E-state index in [1.165, 1.54) is 5.56 Å². The molecule has 0 aliphatic carbocycles. The number of anilines is 2. The smallest absolute Gasteiger partial charge is 0.127 e. The summed E-state index contributed by atoms with van der Waals surface area (Å²) in [6.07, 6.45) is 2.55. The number of nitrogens with zero attached hydrogens (tertiary/aromatic N) is 1. The summed E-state index contributed by atoms with van der Waals surface area (Å²) in [6.45, 7) is 2.96. The number of rotatable bonds is 7. The van der Waals surface area contributed by atoms with Gasteiger partial charge in [-0.2, -0.15) is 0 Å². The average molecular weight is 271 g/mol. The van der Waals surface area contributed by atoms with Crippen LogP contribution < -0.4 is 10.6 Å². The molecule has 4 nitrogen and oxygen atoms in total. The van der Waals surface area contributed by atoms with E-state index in [0.717, 1.165) is 24.5 Å². The van der Waals surface area contributed by atoms with Gasteiger partial charge in [-0.15, -0.1) is 0 Å². The second-order valence-corrected chi connectivity index (χ2v) is 4.67. The zero-order chi connectivity index (χ0) is 14.2. The largest absolute Gasteiger partial charge is 0.394 e. The second kappa shape index (κ2) is 7.50. The van der Waals surface area contributed by atoms with Crippen LogP contribution in [0.2, 0.25) is 0 Å². The van der Waals surface area contributed by atoms with Crippen molar-refractivity contribution in [3.8, 4) is 0 Å². The highest BCUT2D eigenvalue weighted by molar-refractivity contribution is 5.52. The van der Waals surface area contributed by atoms with Gasteiger partial charge in [-0.3, -0.25) is 0 Å². The van der Waals surface area contributed by atoms with Gasteiger partial charge in [0.1, 0.15) is 5.82 Å². The van der Waals surface area contributed by atoms with Gasteiger partial charge >= 0.3 is 0 Å². The molecular weight excluding hydrogens is 250 g/mol. The fourth-order valence-corrected chi connectivity index (χ4v) is 2.09. The zero-order valence-electron chi connectivity index (χ0n) is 11.7. The third-order valence-electron chi connectivity index (χ3n) is 3.03. The lowest BCUT2D eigenvalue weighted by Crippen LogP contribution is -2.26. The molecule has 0 amide bonds. The minimum atomic E-state index is -0.00530. The molecule has 106 valence electrons. The van der Waals surface area contributed by atoms with Crippen molar-refractivity contribution in [1.29, 1.82) is 0 Å². The van der Waals surface area contributed by atoms with Crippen molar-refractivity contribution in [1.82, 2.24) is 4.98 Å². The van der Waals surface area contributed by atoms with E-state index in [2.05, 4.69) is 27.8 Å². The standard InChI is InChI=1S/C16H21N3O/c1-2-17-16-11-14(8-9-18-16)19-15(12-20)10-13-6-4-3-5-7-13/h3-9,11,15,20H,2,10,12H2,1H3,(H2,17,18,19). The van der Waals surface area contributed by atoms with Crippen molar-refractivity contribution >= 4 is 11.5 Å². The Morgan fingerprint density at radius 2 is 2.00 bits per heavy atom. The summed E-state index contributed by atoms with van der Waals surface area (Å²) < 4.78 is 0. The van der Waals surface area contributed by atoms with Crippen molar-refractivity contribution < 1.29 is 5.11 Å². The Hall–Kier alpha value is -2.07. The number of aliphatic hydroxyl groups excluding tert-OH is 1. The van der Waals surface area contributed by atoms with Gasteiger partial charge in [-0.1, -0.05) is 30.3 Å². The minimum absolute atomic E-state index is 0.00530. The number of benzene rings is 1. The minimum Gasteiger partial charge on any atom is -0.394 e. The zero-order valence-corrected chi connectivity index (χ0v) is 11.7. The van der Waals surface area contributed by atoms with Crippen molar-refractivity contribution in [3.05, 3.63) is 54.2 Å². The van der Waals surface area contributed by atoms with Crippen LogP contribution in [0.1, 0.15) is 12.5 Å². The van der Waals surface area contributed by atoms with Crippen LogP contribution in [0.4, 0.5) is 11.5 Å². The van der Waals surface area contributed by atoms with E-state index >= 15 is 0 Å². The van der Waals surface area contributed by atoms with Crippen molar-refractivity contribution in [2.75, 3.05) is 23.8 Å². The monoisotopic (exact) mass is 271 g/mol.